The topological polar surface area (TPSA) is 164 Å². The number of unbranched alkanes of at least 4 members (excludes halogenated alkanes) is 1. The maximum absolute atomic E-state index is 12.2. The van der Waals surface area contributed by atoms with E-state index in [1.165, 1.54) is 0 Å². The van der Waals surface area contributed by atoms with E-state index in [0.717, 1.165) is 36.4 Å². The molecule has 12 nitrogen and oxygen atoms in total. The summed E-state index contributed by atoms with van der Waals surface area (Å²) in [6.45, 7) is 8.62. The van der Waals surface area contributed by atoms with Crippen molar-refractivity contribution in [3.05, 3.63) is 29.7 Å². The minimum atomic E-state index is -0.00659. The number of carbonyl (C=O) groups is 2. The number of ether oxygens (including phenoxy) is 3. The van der Waals surface area contributed by atoms with Crippen LogP contribution in [0.4, 0.5) is 5.82 Å². The molecule has 1 amide bonds. The van der Waals surface area contributed by atoms with Crippen molar-refractivity contribution in [2.24, 2.45) is 10.7 Å². The van der Waals surface area contributed by atoms with Crippen molar-refractivity contribution in [1.29, 1.82) is 0 Å². The third kappa shape index (κ3) is 9.23. The number of ketones is 1. The van der Waals surface area contributed by atoms with Gasteiger partial charge in [0.15, 0.2) is 5.78 Å². The maximum Gasteiger partial charge on any atom is 0.220 e. The molecule has 0 radical (unpaired) electrons. The van der Waals surface area contributed by atoms with Gasteiger partial charge in [-0.15, -0.1) is 0 Å². The van der Waals surface area contributed by atoms with Crippen LogP contribution in [0.15, 0.2) is 23.6 Å². The van der Waals surface area contributed by atoms with Crippen LogP contribution in [0.2, 0.25) is 0 Å². The van der Waals surface area contributed by atoms with E-state index in [1.807, 2.05) is 11.8 Å². The van der Waals surface area contributed by atoms with E-state index in [4.69, 9.17) is 19.9 Å². The Balaban J connectivity index is 0.885. The first-order valence-electron chi connectivity index (χ1n) is 14.1. The highest BCUT2D eigenvalue weighted by atomic mass is 32.2. The number of H-pyrrole nitrogens is 1. The molecule has 0 aliphatic carbocycles. The predicted molar refractivity (Wildman–Crippen MR) is 156 cm³/mol. The number of nitrogens with zero attached hydrogens (tertiary/aromatic N) is 1. The Morgan fingerprint density at radius 1 is 1.10 bits per heavy atom. The molecule has 2 fully saturated rings. The molecule has 0 spiro atoms. The summed E-state index contributed by atoms with van der Waals surface area (Å²) >= 11 is 2.01. The molecule has 222 valence electrons. The lowest BCUT2D eigenvalue weighted by Crippen LogP contribution is -2.36. The number of hydrogen-bond donors (Lipinski definition) is 6. The van der Waals surface area contributed by atoms with E-state index < -0.39 is 0 Å². The summed E-state index contributed by atoms with van der Waals surface area (Å²) in [5.74, 6) is 3.01. The number of carbonyl (C=O) groups excluding carboxylic acids is 2. The van der Waals surface area contributed by atoms with Gasteiger partial charge < -0.3 is 46.2 Å². The Hall–Kier alpha value is -2.58. The number of nitrogens with one attached hydrogen (secondary N) is 5. The summed E-state index contributed by atoms with van der Waals surface area (Å²) < 4.78 is 16.6. The second kappa shape index (κ2) is 16.0. The van der Waals surface area contributed by atoms with Gasteiger partial charge >= 0.3 is 0 Å². The Kier molecular flexibility index (Phi) is 12.2. The summed E-state index contributed by atoms with van der Waals surface area (Å²) in [4.78, 5) is 31.4. The normalized spacial score (nSPS) is 21.5. The fourth-order valence-corrected chi connectivity index (χ4v) is 6.61. The molecule has 4 heterocycles. The van der Waals surface area contributed by atoms with Gasteiger partial charge in [-0.2, -0.15) is 11.8 Å². The van der Waals surface area contributed by atoms with Gasteiger partial charge in [-0.25, -0.2) is 4.99 Å². The van der Waals surface area contributed by atoms with E-state index in [9.17, 15) is 9.59 Å². The van der Waals surface area contributed by atoms with Crippen molar-refractivity contribution in [3.8, 4) is 0 Å². The van der Waals surface area contributed by atoms with E-state index in [0.29, 0.717) is 100 Å². The second-order valence-corrected chi connectivity index (χ2v) is 11.4. The number of Topliss-reactive ketones (excluding diaryl/α,β-unsaturated/α-hetero) is 1. The van der Waals surface area contributed by atoms with Crippen LogP contribution < -0.4 is 27.0 Å². The second-order valence-electron chi connectivity index (χ2n) is 10.1. The number of thioether (sulfide) groups is 1. The third-order valence-electron chi connectivity index (χ3n) is 7.04. The first-order valence-corrected chi connectivity index (χ1v) is 15.2. The first kappa shape index (κ1) is 30.4. The van der Waals surface area contributed by atoms with Crippen LogP contribution >= 0.6 is 11.8 Å². The zero-order chi connectivity index (χ0) is 28.2. The quantitative estimate of drug-likeness (QED) is 0.130. The number of aromatic nitrogens is 1. The zero-order valence-corrected chi connectivity index (χ0v) is 23.9. The molecule has 13 heteroatoms. The smallest absolute Gasteiger partial charge is 0.220 e. The average molecular weight is 578 g/mol. The molecule has 4 rings (SSSR count). The van der Waals surface area contributed by atoms with Gasteiger partial charge in [-0.3, -0.25) is 9.59 Å². The number of amidine groups is 1. The monoisotopic (exact) mass is 577 g/mol. The average Bonchev–Trinajstić information content (AvgIpc) is 3.61. The lowest BCUT2D eigenvalue weighted by atomic mass is 10.0. The zero-order valence-electron chi connectivity index (χ0n) is 23.1. The number of fused-ring (bicyclic) bond motifs is 2. The third-order valence-corrected chi connectivity index (χ3v) is 8.54. The Labute approximate surface area is 240 Å². The summed E-state index contributed by atoms with van der Waals surface area (Å²) in [6.07, 6.45) is 5.59. The predicted octanol–water partition coefficient (Wildman–Crippen LogP) is 0.922. The minimum Gasteiger partial charge on any atom is -0.387 e. The Bertz CT molecular complexity index is 1030. The van der Waals surface area contributed by atoms with Crippen LogP contribution in [0.5, 0.6) is 0 Å². The van der Waals surface area contributed by atoms with Crippen molar-refractivity contribution in [2.75, 3.05) is 58.5 Å². The molecule has 0 saturated carbocycles. The van der Waals surface area contributed by atoms with Gasteiger partial charge in [0, 0.05) is 43.3 Å². The summed E-state index contributed by atoms with van der Waals surface area (Å²) in [5.41, 5.74) is 7.18. The molecule has 2 saturated heterocycles. The van der Waals surface area contributed by atoms with Crippen molar-refractivity contribution >= 4 is 35.1 Å². The Morgan fingerprint density at radius 2 is 1.85 bits per heavy atom. The molecule has 3 atom stereocenters. The van der Waals surface area contributed by atoms with E-state index in [1.54, 1.807) is 6.20 Å². The number of aliphatic imine (C=N–C) groups is 1. The lowest BCUT2D eigenvalue weighted by molar-refractivity contribution is -0.121. The summed E-state index contributed by atoms with van der Waals surface area (Å²) in [6, 6.07) is 0.970. The molecule has 40 heavy (non-hydrogen) atoms. The molecule has 0 aromatic carbocycles. The number of rotatable bonds is 19. The molecule has 1 aromatic heterocycles. The molecule has 7 N–H and O–H groups in total. The highest BCUT2D eigenvalue weighted by Crippen LogP contribution is 2.34. The van der Waals surface area contributed by atoms with Crippen molar-refractivity contribution in [1.82, 2.24) is 26.3 Å². The highest BCUT2D eigenvalue weighted by molar-refractivity contribution is 8.00. The SMILES string of the molecule is C=C1N[C@H]2[C@H](CS[C@H]2CCCCC(=O)NCCOCCOCCOCCNCc2c[nH]c3c2C(=O)CC(N)=N3)N1. The molecule has 1 aromatic rings. The van der Waals surface area contributed by atoms with Gasteiger partial charge in [0.1, 0.15) is 11.7 Å². The van der Waals surface area contributed by atoms with Crippen molar-refractivity contribution < 1.29 is 23.8 Å². The Morgan fingerprint density at radius 3 is 2.65 bits per heavy atom. The van der Waals surface area contributed by atoms with Crippen LogP contribution in [0, 0.1) is 0 Å². The molecular weight excluding hydrogens is 534 g/mol. The first-order chi connectivity index (χ1) is 19.5. The molecule has 3 aliphatic heterocycles. The van der Waals surface area contributed by atoms with Crippen LogP contribution in [-0.4, -0.2) is 98.3 Å². The summed E-state index contributed by atoms with van der Waals surface area (Å²) in [7, 11) is 0. The van der Waals surface area contributed by atoms with Gasteiger partial charge in [0.25, 0.3) is 0 Å². The van der Waals surface area contributed by atoms with Gasteiger partial charge in [-0.1, -0.05) is 13.0 Å². The minimum absolute atomic E-state index is 0.00659. The summed E-state index contributed by atoms with van der Waals surface area (Å²) in [5, 5.41) is 13.6. The number of nitrogens with two attached hydrogens (primary N) is 1. The van der Waals surface area contributed by atoms with Crippen molar-refractivity contribution in [3.63, 3.8) is 0 Å². The van der Waals surface area contributed by atoms with Gasteiger partial charge in [0.2, 0.25) is 5.91 Å². The lowest BCUT2D eigenvalue weighted by Gasteiger charge is -2.17. The molecular formula is C27H43N7O5S. The number of hydrogen-bond acceptors (Lipinski definition) is 11. The van der Waals surface area contributed by atoms with Crippen LogP contribution in [-0.2, 0) is 25.5 Å². The fraction of sp³-hybridized carbons (Fsp3) is 0.667. The largest absolute Gasteiger partial charge is 0.387 e. The number of amides is 1. The van der Waals surface area contributed by atoms with E-state index in [2.05, 4.69) is 37.8 Å². The standard InChI is InChI=1S/C27H43N7O5S/c1-18-32-20-17-40-22(26(20)33-18)4-2-3-5-24(36)30-7-9-38-11-13-39-12-10-37-8-6-29-15-19-16-31-27-25(19)21(35)14-23(28)34-27/h16,20,22,26,29,31-33H,1-15,17H2,(H2,28,34)(H,30,36)/t20-,22-,26-/m0/s1. The van der Waals surface area contributed by atoms with Gasteiger partial charge in [0.05, 0.1) is 69.5 Å². The van der Waals surface area contributed by atoms with Crippen LogP contribution in [0.25, 0.3) is 0 Å². The molecule has 0 bridgehead atoms. The van der Waals surface area contributed by atoms with Crippen molar-refractivity contribution in [2.45, 2.75) is 56.0 Å². The maximum atomic E-state index is 12.2. The fourth-order valence-electron chi connectivity index (χ4n) is 5.07. The highest BCUT2D eigenvalue weighted by Gasteiger charge is 2.40. The van der Waals surface area contributed by atoms with E-state index in [-0.39, 0.29) is 18.1 Å². The molecule has 3 aliphatic rings. The van der Waals surface area contributed by atoms with Crippen LogP contribution in [0.3, 0.4) is 0 Å². The van der Waals surface area contributed by atoms with Gasteiger partial charge in [-0.05, 0) is 18.4 Å². The van der Waals surface area contributed by atoms with E-state index >= 15 is 0 Å². The van der Waals surface area contributed by atoms with Crippen LogP contribution in [0.1, 0.15) is 48.0 Å². The molecule has 0 unspecified atom stereocenters. The number of aromatic amines is 1.